The second kappa shape index (κ2) is 6.77. The molecule has 0 radical (unpaired) electrons. The Bertz CT molecular complexity index is 612. The van der Waals surface area contributed by atoms with Crippen LogP contribution in [0.5, 0.6) is 0 Å². The van der Waals surface area contributed by atoms with Gasteiger partial charge in [-0.2, -0.15) is 0 Å². The molecule has 0 amide bonds. The Kier molecular flexibility index (Phi) is 5.36. The van der Waals surface area contributed by atoms with Gasteiger partial charge in [-0.15, -0.1) is 0 Å². The van der Waals surface area contributed by atoms with E-state index in [2.05, 4.69) is 5.32 Å². The summed E-state index contributed by atoms with van der Waals surface area (Å²) in [5, 5.41) is 3.64. The summed E-state index contributed by atoms with van der Waals surface area (Å²) in [5.41, 5.74) is 1.28. The fourth-order valence-corrected chi connectivity index (χ4v) is 2.63. The largest absolute Gasteiger partial charge is 0.491 e. The summed E-state index contributed by atoms with van der Waals surface area (Å²) in [7, 11) is 1.37. The average Bonchev–Trinajstić information content (AvgIpc) is 2.68. The van der Waals surface area contributed by atoms with E-state index in [1.165, 1.54) is 0 Å². The van der Waals surface area contributed by atoms with E-state index in [4.69, 9.17) is 20.9 Å². The number of carbonyl (C=O) groups excluding carboxylic acids is 1. The molecule has 1 aromatic carbocycles. The van der Waals surface area contributed by atoms with Crippen molar-refractivity contribution in [3.05, 3.63) is 39.8 Å². The first-order valence-electron chi connectivity index (χ1n) is 7.66. The Morgan fingerprint density at radius 2 is 1.87 bits per heavy atom. The first-order chi connectivity index (χ1) is 10.7. The van der Waals surface area contributed by atoms with Crippen molar-refractivity contribution < 1.29 is 14.1 Å². The Hall–Kier alpha value is -1.14. The minimum Gasteiger partial charge on any atom is -0.400 e. The predicted octanol–water partition coefficient (Wildman–Crippen LogP) is 3.39. The summed E-state index contributed by atoms with van der Waals surface area (Å²) in [4.78, 5) is 11.3. The first-order valence-corrected chi connectivity index (χ1v) is 8.04. The summed E-state index contributed by atoms with van der Waals surface area (Å²) in [6, 6.07) is 5.27. The average molecular weight is 336 g/mol. The van der Waals surface area contributed by atoms with Crippen LogP contribution in [0.1, 0.15) is 43.6 Å². The molecule has 6 heteroatoms. The number of hydrogen-bond donors (Lipinski definition) is 1. The van der Waals surface area contributed by atoms with E-state index < -0.39 is 18.3 Å². The number of carbonyl (C=O) groups is 1. The van der Waals surface area contributed by atoms with Crippen LogP contribution in [0.3, 0.4) is 0 Å². The van der Waals surface area contributed by atoms with E-state index in [0.29, 0.717) is 22.7 Å². The highest BCUT2D eigenvalue weighted by atomic mass is 35.5. The molecule has 23 heavy (non-hydrogen) atoms. The van der Waals surface area contributed by atoms with Gasteiger partial charge in [-0.1, -0.05) is 29.8 Å². The summed E-state index contributed by atoms with van der Waals surface area (Å²) in [6.45, 7) is 8.61. The van der Waals surface area contributed by atoms with Crippen LogP contribution in [0, 0.1) is 0 Å². The molecule has 1 saturated heterocycles. The molecule has 0 aromatic heterocycles. The maximum Gasteiger partial charge on any atom is 0.491 e. The monoisotopic (exact) mass is 335 g/mol. The quantitative estimate of drug-likeness (QED) is 0.662. The zero-order chi connectivity index (χ0) is 17.3. The second-order valence-corrected chi connectivity index (χ2v) is 7.11. The molecular formula is C17H23BClNO3. The van der Waals surface area contributed by atoms with Gasteiger partial charge in [0, 0.05) is 22.7 Å². The molecule has 1 heterocycles. The van der Waals surface area contributed by atoms with E-state index in [9.17, 15) is 4.79 Å². The number of nitrogens with one attached hydrogen (secondary N) is 1. The molecule has 4 nitrogen and oxygen atoms in total. The fraction of sp³-hybridized carbons (Fsp3) is 0.471. The molecule has 1 N–H and O–H groups in total. The zero-order valence-corrected chi connectivity index (χ0v) is 15.0. The maximum atomic E-state index is 11.3. The Balaban J connectivity index is 2.43. The highest BCUT2D eigenvalue weighted by Crippen LogP contribution is 2.39. The van der Waals surface area contributed by atoms with Crippen LogP contribution in [0.25, 0.3) is 6.08 Å². The van der Waals surface area contributed by atoms with Crippen LogP contribution in [0.2, 0.25) is 5.02 Å². The SMILES string of the molecule is CNCC(=Cc1c(Cl)cccc1C=O)B1OC(C)(C)C(C)(C)O1. The van der Waals surface area contributed by atoms with Gasteiger partial charge in [-0.25, -0.2) is 0 Å². The van der Waals surface area contributed by atoms with E-state index in [-0.39, 0.29) is 0 Å². The van der Waals surface area contributed by atoms with Crippen LogP contribution < -0.4 is 5.32 Å². The molecule has 1 aliphatic rings. The van der Waals surface area contributed by atoms with Gasteiger partial charge < -0.3 is 14.6 Å². The van der Waals surface area contributed by atoms with E-state index in [0.717, 1.165) is 11.8 Å². The molecule has 0 aliphatic carbocycles. The van der Waals surface area contributed by atoms with Gasteiger partial charge in [0.1, 0.15) is 0 Å². The molecule has 0 saturated carbocycles. The number of halogens is 1. The molecule has 1 fully saturated rings. The predicted molar refractivity (Wildman–Crippen MR) is 94.8 cm³/mol. The summed E-state index contributed by atoms with van der Waals surface area (Å²) < 4.78 is 12.2. The van der Waals surface area contributed by atoms with Crippen LogP contribution in [-0.4, -0.2) is 38.2 Å². The highest BCUT2D eigenvalue weighted by Gasteiger charge is 2.52. The lowest BCUT2D eigenvalue weighted by atomic mass is 9.76. The van der Waals surface area contributed by atoms with Crippen molar-refractivity contribution in [3.63, 3.8) is 0 Å². The Labute approximate surface area is 143 Å². The number of benzene rings is 1. The molecule has 0 unspecified atom stereocenters. The number of aldehydes is 1. The molecule has 0 spiro atoms. The van der Waals surface area contributed by atoms with E-state index in [1.54, 1.807) is 18.2 Å². The minimum atomic E-state index is -0.483. The lowest BCUT2D eigenvalue weighted by molar-refractivity contribution is 0.00578. The molecule has 124 valence electrons. The van der Waals surface area contributed by atoms with Crippen molar-refractivity contribution >= 4 is 31.1 Å². The van der Waals surface area contributed by atoms with E-state index in [1.807, 2.05) is 40.8 Å². The maximum absolute atomic E-state index is 11.3. The van der Waals surface area contributed by atoms with Crippen molar-refractivity contribution in [1.29, 1.82) is 0 Å². The Morgan fingerprint density at radius 3 is 2.39 bits per heavy atom. The normalized spacial score (nSPS) is 19.9. The number of rotatable bonds is 5. The summed E-state index contributed by atoms with van der Waals surface area (Å²) in [6.07, 6.45) is 2.68. The zero-order valence-electron chi connectivity index (χ0n) is 14.3. The third-order valence-electron chi connectivity index (χ3n) is 4.48. The highest BCUT2D eigenvalue weighted by molar-refractivity contribution is 6.56. The van der Waals surface area contributed by atoms with Crippen LogP contribution in [0.15, 0.2) is 23.7 Å². The van der Waals surface area contributed by atoms with E-state index >= 15 is 0 Å². The molecule has 2 rings (SSSR count). The second-order valence-electron chi connectivity index (χ2n) is 6.70. The topological polar surface area (TPSA) is 47.6 Å². The van der Waals surface area contributed by atoms with Gasteiger partial charge >= 0.3 is 7.12 Å². The van der Waals surface area contributed by atoms with Gasteiger partial charge in [0.05, 0.1) is 11.2 Å². The van der Waals surface area contributed by atoms with Crippen molar-refractivity contribution in [2.24, 2.45) is 0 Å². The van der Waals surface area contributed by atoms with Gasteiger partial charge in [0.15, 0.2) is 6.29 Å². The summed E-state index contributed by atoms with van der Waals surface area (Å²) >= 11 is 6.27. The molecule has 1 aromatic rings. The summed E-state index contributed by atoms with van der Waals surface area (Å²) in [5.74, 6) is 0. The third-order valence-corrected chi connectivity index (χ3v) is 4.81. The van der Waals surface area contributed by atoms with Crippen molar-refractivity contribution in [2.75, 3.05) is 13.6 Å². The number of hydrogen-bond acceptors (Lipinski definition) is 4. The van der Waals surface area contributed by atoms with Gasteiger partial charge in [0.25, 0.3) is 0 Å². The van der Waals surface area contributed by atoms with Crippen LogP contribution in [-0.2, 0) is 9.31 Å². The van der Waals surface area contributed by atoms with Crippen molar-refractivity contribution in [3.8, 4) is 0 Å². The molecule has 1 aliphatic heterocycles. The van der Waals surface area contributed by atoms with Gasteiger partial charge in [-0.3, -0.25) is 4.79 Å². The lowest BCUT2D eigenvalue weighted by Crippen LogP contribution is -2.41. The fourth-order valence-electron chi connectivity index (χ4n) is 2.40. The van der Waals surface area contributed by atoms with Gasteiger partial charge in [-0.05, 0) is 46.3 Å². The standard InChI is InChI=1S/C17H23BClNO3/c1-16(2)17(3,4)23-18(22-16)13(10-20-5)9-14-12(11-21)7-6-8-15(14)19/h6-9,11,20H,10H2,1-5H3. The van der Waals surface area contributed by atoms with Crippen LogP contribution in [0.4, 0.5) is 0 Å². The lowest BCUT2D eigenvalue weighted by Gasteiger charge is -2.32. The molecule has 0 bridgehead atoms. The van der Waals surface area contributed by atoms with Gasteiger partial charge in [0.2, 0.25) is 0 Å². The van der Waals surface area contributed by atoms with Crippen LogP contribution >= 0.6 is 11.6 Å². The molecule has 0 atom stereocenters. The minimum absolute atomic E-state index is 0.418. The number of likely N-dealkylation sites (N-methyl/N-ethyl adjacent to an activating group) is 1. The first kappa shape index (κ1) is 18.2. The third kappa shape index (κ3) is 3.69. The Morgan fingerprint density at radius 1 is 1.26 bits per heavy atom. The smallest absolute Gasteiger partial charge is 0.400 e. The molecular weight excluding hydrogens is 312 g/mol. The van der Waals surface area contributed by atoms with Crippen molar-refractivity contribution in [2.45, 2.75) is 38.9 Å². The van der Waals surface area contributed by atoms with Crippen molar-refractivity contribution in [1.82, 2.24) is 5.32 Å².